The number of amides is 2. The molecule has 0 spiro atoms. The molecule has 1 atom stereocenters. The van der Waals surface area contributed by atoms with Gasteiger partial charge in [0.25, 0.3) is 11.8 Å². The Labute approximate surface area is 211 Å². The van der Waals surface area contributed by atoms with Gasteiger partial charge < -0.3 is 14.8 Å². The Morgan fingerprint density at radius 3 is 2.56 bits per heavy atom. The number of hydrogen-bond acceptors (Lipinski definition) is 7. The largest absolute Gasteiger partial charge is 0.484 e. The van der Waals surface area contributed by atoms with E-state index in [1.165, 1.54) is 6.21 Å². The Kier molecular flexibility index (Phi) is 9.43. The standard InChI is InChI=1S/C25H32N4O6S/c1-18-6-11-23(19(2)13-18)29(36(3,32)33)16-24(30)28-27-14-20-7-9-21(10-8-20)35-17-25(31)26-15-22-5-4-12-34-22/h6-11,13-14,22H,4-5,12,15-17H2,1-3H3,(H,26,31)(H,28,30)/b27-14-/t22-/m0/s1. The average molecular weight is 517 g/mol. The van der Waals surface area contributed by atoms with E-state index in [1.54, 1.807) is 43.3 Å². The van der Waals surface area contributed by atoms with Crippen LogP contribution in [-0.4, -0.2) is 65.1 Å². The number of anilines is 1. The molecule has 2 aromatic carbocycles. The molecular weight excluding hydrogens is 484 g/mol. The Morgan fingerprint density at radius 2 is 1.92 bits per heavy atom. The van der Waals surface area contributed by atoms with Gasteiger partial charge in [-0.2, -0.15) is 5.10 Å². The maximum atomic E-state index is 12.4. The maximum Gasteiger partial charge on any atom is 0.260 e. The number of carbonyl (C=O) groups is 2. The number of ether oxygens (including phenoxy) is 2. The van der Waals surface area contributed by atoms with Crippen LogP contribution in [0, 0.1) is 13.8 Å². The Morgan fingerprint density at radius 1 is 1.17 bits per heavy atom. The van der Waals surface area contributed by atoms with Crippen LogP contribution in [0.5, 0.6) is 5.75 Å². The molecule has 10 nitrogen and oxygen atoms in total. The van der Waals surface area contributed by atoms with Crippen molar-refractivity contribution in [3.8, 4) is 5.75 Å². The van der Waals surface area contributed by atoms with Crippen LogP contribution in [0.4, 0.5) is 5.69 Å². The first-order valence-corrected chi connectivity index (χ1v) is 13.4. The second-order valence-corrected chi connectivity index (χ2v) is 10.6. The summed E-state index contributed by atoms with van der Waals surface area (Å²) < 4.78 is 36.6. The first-order chi connectivity index (χ1) is 17.1. The highest BCUT2D eigenvalue weighted by molar-refractivity contribution is 7.92. The summed E-state index contributed by atoms with van der Waals surface area (Å²) in [6.45, 7) is 4.42. The van der Waals surface area contributed by atoms with E-state index in [1.807, 2.05) is 13.0 Å². The van der Waals surface area contributed by atoms with Gasteiger partial charge in [0, 0.05) is 13.2 Å². The van der Waals surface area contributed by atoms with Gasteiger partial charge in [-0.15, -0.1) is 0 Å². The Balaban J connectivity index is 1.47. The molecule has 0 radical (unpaired) electrons. The van der Waals surface area contributed by atoms with Gasteiger partial charge in [0.1, 0.15) is 12.3 Å². The third-order valence-corrected chi connectivity index (χ3v) is 6.64. The minimum Gasteiger partial charge on any atom is -0.484 e. The van der Waals surface area contributed by atoms with E-state index in [9.17, 15) is 18.0 Å². The number of aryl methyl sites for hydroxylation is 2. The molecule has 0 saturated carbocycles. The molecule has 3 rings (SSSR count). The summed E-state index contributed by atoms with van der Waals surface area (Å²) in [6, 6.07) is 12.1. The highest BCUT2D eigenvalue weighted by atomic mass is 32.2. The monoisotopic (exact) mass is 516 g/mol. The van der Waals surface area contributed by atoms with Crippen LogP contribution in [0.1, 0.15) is 29.5 Å². The van der Waals surface area contributed by atoms with Gasteiger partial charge in [-0.05, 0) is 68.1 Å². The maximum absolute atomic E-state index is 12.4. The predicted octanol–water partition coefficient (Wildman–Crippen LogP) is 1.89. The normalized spacial score (nSPS) is 15.6. The van der Waals surface area contributed by atoms with E-state index >= 15 is 0 Å². The van der Waals surface area contributed by atoms with Crippen molar-refractivity contribution in [2.24, 2.45) is 5.10 Å². The second-order valence-electron chi connectivity index (χ2n) is 8.65. The lowest BCUT2D eigenvalue weighted by Gasteiger charge is -2.23. The first-order valence-electron chi connectivity index (χ1n) is 11.6. The third-order valence-electron chi connectivity index (χ3n) is 5.51. The van der Waals surface area contributed by atoms with Gasteiger partial charge in [0.15, 0.2) is 6.61 Å². The lowest BCUT2D eigenvalue weighted by molar-refractivity contribution is -0.123. The number of hydrogen-bond donors (Lipinski definition) is 2. The van der Waals surface area contributed by atoms with Crippen molar-refractivity contribution in [1.29, 1.82) is 0 Å². The van der Waals surface area contributed by atoms with Crippen molar-refractivity contribution >= 4 is 33.7 Å². The highest BCUT2D eigenvalue weighted by Crippen LogP contribution is 2.23. The summed E-state index contributed by atoms with van der Waals surface area (Å²) in [5.74, 6) is -0.283. The lowest BCUT2D eigenvalue weighted by atomic mass is 10.1. The van der Waals surface area contributed by atoms with Gasteiger partial charge in [-0.25, -0.2) is 13.8 Å². The molecule has 0 bridgehead atoms. The van der Waals surface area contributed by atoms with Gasteiger partial charge in [0.2, 0.25) is 10.0 Å². The van der Waals surface area contributed by atoms with Crippen LogP contribution >= 0.6 is 0 Å². The minimum absolute atomic E-state index is 0.0779. The van der Waals surface area contributed by atoms with E-state index in [4.69, 9.17) is 9.47 Å². The zero-order valence-corrected chi connectivity index (χ0v) is 21.5. The zero-order chi connectivity index (χ0) is 26.1. The smallest absolute Gasteiger partial charge is 0.260 e. The number of carbonyl (C=O) groups excluding carboxylic acids is 2. The van der Waals surface area contributed by atoms with Crippen molar-refractivity contribution < 1.29 is 27.5 Å². The molecule has 1 aliphatic rings. The molecule has 0 aromatic heterocycles. The molecule has 36 heavy (non-hydrogen) atoms. The third kappa shape index (κ3) is 8.35. The molecule has 2 aromatic rings. The van der Waals surface area contributed by atoms with E-state index in [0.29, 0.717) is 23.5 Å². The molecule has 2 N–H and O–H groups in total. The minimum atomic E-state index is -3.68. The van der Waals surface area contributed by atoms with Crippen LogP contribution < -0.4 is 19.8 Å². The number of hydrazone groups is 1. The molecule has 1 aliphatic heterocycles. The van der Waals surface area contributed by atoms with Crippen molar-refractivity contribution in [3.63, 3.8) is 0 Å². The number of rotatable bonds is 11. The number of sulfonamides is 1. The fourth-order valence-corrected chi connectivity index (χ4v) is 4.61. The SMILES string of the molecule is Cc1ccc(N(CC(=O)N/N=C\c2ccc(OCC(=O)NC[C@@H]3CCCO3)cc2)S(C)(=O)=O)c(C)c1. The fraction of sp³-hybridized carbons (Fsp3) is 0.400. The summed E-state index contributed by atoms with van der Waals surface area (Å²) in [5.41, 5.74) is 5.22. The van der Waals surface area contributed by atoms with Crippen LogP contribution in [0.2, 0.25) is 0 Å². The van der Waals surface area contributed by atoms with Crippen LogP contribution in [0.25, 0.3) is 0 Å². The molecule has 1 saturated heterocycles. The first kappa shape index (κ1) is 27.2. The van der Waals surface area contributed by atoms with Gasteiger partial charge in [-0.1, -0.05) is 17.7 Å². The molecule has 11 heteroatoms. The number of nitrogens with one attached hydrogen (secondary N) is 2. The van der Waals surface area contributed by atoms with Gasteiger partial charge >= 0.3 is 0 Å². The van der Waals surface area contributed by atoms with E-state index < -0.39 is 22.5 Å². The van der Waals surface area contributed by atoms with E-state index in [-0.39, 0.29) is 18.6 Å². The molecule has 1 fully saturated rings. The van der Waals surface area contributed by atoms with Gasteiger partial charge in [0.05, 0.1) is 24.3 Å². The molecule has 2 amide bonds. The van der Waals surface area contributed by atoms with E-state index in [2.05, 4.69) is 15.8 Å². The summed E-state index contributed by atoms with van der Waals surface area (Å²) in [6.07, 6.45) is 4.53. The topological polar surface area (TPSA) is 126 Å². The summed E-state index contributed by atoms with van der Waals surface area (Å²) >= 11 is 0. The van der Waals surface area contributed by atoms with Crippen molar-refractivity contribution in [2.75, 3.05) is 36.9 Å². The van der Waals surface area contributed by atoms with Crippen LogP contribution in [0.3, 0.4) is 0 Å². The summed E-state index contributed by atoms with van der Waals surface area (Å²) in [4.78, 5) is 24.3. The number of nitrogens with zero attached hydrogens (tertiary/aromatic N) is 2. The summed E-state index contributed by atoms with van der Waals surface area (Å²) in [7, 11) is -3.68. The quantitative estimate of drug-likeness (QED) is 0.347. The van der Waals surface area contributed by atoms with E-state index in [0.717, 1.165) is 41.1 Å². The van der Waals surface area contributed by atoms with Crippen molar-refractivity contribution in [1.82, 2.24) is 10.7 Å². The molecule has 1 heterocycles. The number of benzene rings is 2. The highest BCUT2D eigenvalue weighted by Gasteiger charge is 2.22. The van der Waals surface area contributed by atoms with Crippen LogP contribution in [-0.2, 0) is 24.3 Å². The molecule has 0 aliphatic carbocycles. The lowest BCUT2D eigenvalue weighted by Crippen LogP contribution is -2.39. The molecule has 194 valence electrons. The zero-order valence-electron chi connectivity index (χ0n) is 20.7. The molecule has 0 unspecified atom stereocenters. The van der Waals surface area contributed by atoms with Crippen molar-refractivity contribution in [2.45, 2.75) is 32.8 Å². The Bertz CT molecular complexity index is 1190. The van der Waals surface area contributed by atoms with Gasteiger partial charge in [-0.3, -0.25) is 13.9 Å². The van der Waals surface area contributed by atoms with Crippen molar-refractivity contribution in [3.05, 3.63) is 59.2 Å². The molecular formula is C25H32N4O6S. The fourth-order valence-electron chi connectivity index (χ4n) is 3.69. The average Bonchev–Trinajstić information content (AvgIpc) is 3.34. The predicted molar refractivity (Wildman–Crippen MR) is 138 cm³/mol. The summed E-state index contributed by atoms with van der Waals surface area (Å²) in [5, 5.41) is 6.70. The van der Waals surface area contributed by atoms with Crippen LogP contribution in [0.15, 0.2) is 47.6 Å². The Hall–Kier alpha value is -3.44. The second kappa shape index (κ2) is 12.5.